The number of rotatable bonds is 7. The van der Waals surface area contributed by atoms with Gasteiger partial charge < -0.3 is 30.3 Å². The summed E-state index contributed by atoms with van der Waals surface area (Å²) in [6.07, 6.45) is -0.314. The average Bonchev–Trinajstić information content (AvgIpc) is 3.18. The summed E-state index contributed by atoms with van der Waals surface area (Å²) in [6.45, 7) is 0.00926. The molecular formula is C23H20N2O8S. The maximum Gasteiger partial charge on any atom is 0.394 e. The number of ether oxygens (including phenoxy) is 2. The number of fused-ring (bicyclic) bond motifs is 2. The van der Waals surface area contributed by atoms with Crippen molar-refractivity contribution < 1.29 is 38.9 Å². The summed E-state index contributed by atoms with van der Waals surface area (Å²) in [7, 11) is 0. The predicted molar refractivity (Wildman–Crippen MR) is 122 cm³/mol. The summed E-state index contributed by atoms with van der Waals surface area (Å²) in [6, 6.07) is 13.2. The standard InChI is InChI=1S/C23H20N2O8S/c26-18(11-33-16-7-3-5-12-4-1-2-6-14(12)16)24-9-13-8-15-17(10-32-13)34-21(19(15)22(28)29)25-20(27)23(30)31/h1-7,13H,8-11H2,(H,24,26)(H,25,27)(H,28,29)(H,30,31). The first-order chi connectivity index (χ1) is 16.3. The first kappa shape index (κ1) is 23.2. The third-order valence-electron chi connectivity index (χ3n) is 5.24. The Hall–Kier alpha value is -3.96. The molecule has 0 spiro atoms. The second-order valence-electron chi connectivity index (χ2n) is 7.48. The Kier molecular flexibility index (Phi) is 6.75. The molecule has 0 bridgehead atoms. The number of carbonyl (C=O) groups is 4. The first-order valence-electron chi connectivity index (χ1n) is 10.2. The Bertz CT molecular complexity index is 1280. The highest BCUT2D eigenvalue weighted by molar-refractivity contribution is 7.17. The van der Waals surface area contributed by atoms with Gasteiger partial charge in [-0.15, -0.1) is 11.3 Å². The lowest BCUT2D eigenvalue weighted by atomic mass is 10.0. The number of amides is 2. The van der Waals surface area contributed by atoms with Crippen molar-refractivity contribution in [3.63, 3.8) is 0 Å². The van der Waals surface area contributed by atoms with Crippen LogP contribution in [0, 0.1) is 0 Å². The topological polar surface area (TPSA) is 151 Å². The molecule has 0 fully saturated rings. The molecule has 11 heteroatoms. The van der Waals surface area contributed by atoms with E-state index in [1.54, 1.807) is 6.07 Å². The highest BCUT2D eigenvalue weighted by Gasteiger charge is 2.31. The van der Waals surface area contributed by atoms with Crippen molar-refractivity contribution in [3.8, 4) is 5.75 Å². The molecule has 0 aliphatic carbocycles. The zero-order chi connectivity index (χ0) is 24.2. The smallest absolute Gasteiger partial charge is 0.394 e. The highest BCUT2D eigenvalue weighted by atomic mass is 32.1. The van der Waals surface area contributed by atoms with Gasteiger partial charge in [0.05, 0.1) is 18.3 Å². The van der Waals surface area contributed by atoms with Crippen LogP contribution in [0.2, 0.25) is 0 Å². The van der Waals surface area contributed by atoms with E-state index in [-0.39, 0.29) is 42.7 Å². The molecule has 1 aliphatic heterocycles. The Morgan fingerprint density at radius 2 is 1.85 bits per heavy atom. The summed E-state index contributed by atoms with van der Waals surface area (Å²) in [5.41, 5.74) is 0.296. The fourth-order valence-corrected chi connectivity index (χ4v) is 4.81. The molecule has 176 valence electrons. The van der Waals surface area contributed by atoms with Crippen LogP contribution in [-0.4, -0.2) is 53.2 Å². The van der Waals surface area contributed by atoms with Gasteiger partial charge in [-0.3, -0.25) is 9.59 Å². The lowest BCUT2D eigenvalue weighted by molar-refractivity contribution is -0.147. The molecule has 4 rings (SSSR count). The van der Waals surface area contributed by atoms with Gasteiger partial charge in [0.15, 0.2) is 6.61 Å². The molecule has 3 aromatic rings. The van der Waals surface area contributed by atoms with Crippen LogP contribution in [0.25, 0.3) is 10.8 Å². The fraction of sp³-hybridized carbons (Fsp3) is 0.217. The molecule has 0 saturated carbocycles. The van der Waals surface area contributed by atoms with Crippen LogP contribution in [0.1, 0.15) is 20.8 Å². The average molecular weight is 484 g/mol. The SMILES string of the molecule is O=C(COc1cccc2ccccc12)NCC1Cc2c(sc(NC(=O)C(=O)O)c2C(=O)O)CO1. The number of anilines is 1. The number of nitrogens with one attached hydrogen (secondary N) is 2. The molecule has 1 aromatic heterocycles. The quantitative estimate of drug-likeness (QED) is 0.373. The van der Waals surface area contributed by atoms with Crippen LogP contribution in [0.15, 0.2) is 42.5 Å². The number of carboxylic acids is 2. The van der Waals surface area contributed by atoms with Crippen LogP contribution in [0.4, 0.5) is 5.00 Å². The Labute approximate surface area is 197 Å². The van der Waals surface area contributed by atoms with E-state index in [1.165, 1.54) is 0 Å². The molecule has 0 radical (unpaired) electrons. The van der Waals surface area contributed by atoms with Gasteiger partial charge >= 0.3 is 17.8 Å². The minimum absolute atomic E-state index is 0.0540. The van der Waals surface area contributed by atoms with Gasteiger partial charge in [-0.25, -0.2) is 9.59 Å². The molecule has 2 aromatic carbocycles. The fourth-order valence-electron chi connectivity index (χ4n) is 3.67. The van der Waals surface area contributed by atoms with E-state index >= 15 is 0 Å². The Morgan fingerprint density at radius 1 is 1.09 bits per heavy atom. The lowest BCUT2D eigenvalue weighted by Gasteiger charge is -2.23. The molecule has 34 heavy (non-hydrogen) atoms. The number of carboxylic acid groups (broad SMARTS) is 2. The number of aromatic carboxylic acids is 1. The molecule has 2 heterocycles. The number of benzene rings is 2. The highest BCUT2D eigenvalue weighted by Crippen LogP contribution is 2.37. The van der Waals surface area contributed by atoms with Gasteiger partial charge in [0, 0.05) is 23.2 Å². The van der Waals surface area contributed by atoms with Crippen molar-refractivity contribution in [1.29, 1.82) is 0 Å². The number of hydrogen-bond donors (Lipinski definition) is 4. The van der Waals surface area contributed by atoms with Gasteiger partial charge in [-0.05, 0) is 17.0 Å². The van der Waals surface area contributed by atoms with Crippen LogP contribution in [0.3, 0.4) is 0 Å². The van der Waals surface area contributed by atoms with Crippen LogP contribution in [-0.2, 0) is 32.1 Å². The van der Waals surface area contributed by atoms with E-state index in [4.69, 9.17) is 14.6 Å². The van der Waals surface area contributed by atoms with Crippen molar-refractivity contribution in [2.45, 2.75) is 19.1 Å². The van der Waals surface area contributed by atoms with Crippen LogP contribution in [0.5, 0.6) is 5.75 Å². The largest absolute Gasteiger partial charge is 0.483 e. The van der Waals surface area contributed by atoms with E-state index in [0.29, 0.717) is 16.2 Å². The number of thiophene rings is 1. The van der Waals surface area contributed by atoms with Gasteiger partial charge in [-0.1, -0.05) is 36.4 Å². The second kappa shape index (κ2) is 9.89. The summed E-state index contributed by atoms with van der Waals surface area (Å²) in [4.78, 5) is 47.0. The monoisotopic (exact) mass is 484 g/mol. The van der Waals surface area contributed by atoms with E-state index < -0.39 is 23.9 Å². The molecule has 10 nitrogen and oxygen atoms in total. The van der Waals surface area contributed by atoms with Gasteiger partial charge in [0.2, 0.25) is 0 Å². The van der Waals surface area contributed by atoms with Gasteiger partial charge in [0.1, 0.15) is 10.8 Å². The van der Waals surface area contributed by atoms with E-state index in [1.807, 2.05) is 36.4 Å². The molecular weight excluding hydrogens is 464 g/mol. The van der Waals surface area contributed by atoms with Crippen molar-refractivity contribution in [2.75, 3.05) is 18.5 Å². The van der Waals surface area contributed by atoms with Gasteiger partial charge in [0.25, 0.3) is 5.91 Å². The van der Waals surface area contributed by atoms with Crippen LogP contribution >= 0.6 is 11.3 Å². The lowest BCUT2D eigenvalue weighted by Crippen LogP contribution is -2.38. The molecule has 1 unspecified atom stereocenters. The predicted octanol–water partition coefficient (Wildman–Crippen LogP) is 2.26. The molecule has 1 atom stereocenters. The van der Waals surface area contributed by atoms with E-state index in [2.05, 4.69) is 10.6 Å². The van der Waals surface area contributed by atoms with Gasteiger partial charge in [-0.2, -0.15) is 0 Å². The minimum atomic E-state index is -1.72. The number of hydrogen-bond acceptors (Lipinski definition) is 7. The van der Waals surface area contributed by atoms with E-state index in [0.717, 1.165) is 22.1 Å². The molecule has 4 N–H and O–H groups in total. The van der Waals surface area contributed by atoms with Crippen molar-refractivity contribution in [2.24, 2.45) is 0 Å². The summed E-state index contributed by atoms with van der Waals surface area (Å²) in [5, 5.41) is 25.1. The van der Waals surface area contributed by atoms with Crippen molar-refractivity contribution in [3.05, 3.63) is 58.5 Å². The summed E-state index contributed by atoms with van der Waals surface area (Å²) >= 11 is 0.961. The summed E-state index contributed by atoms with van der Waals surface area (Å²) < 4.78 is 11.4. The summed E-state index contributed by atoms with van der Waals surface area (Å²) in [5.74, 6) is -4.10. The maximum atomic E-state index is 12.3. The number of aliphatic carboxylic acids is 1. The van der Waals surface area contributed by atoms with E-state index in [9.17, 15) is 24.3 Å². The van der Waals surface area contributed by atoms with Crippen LogP contribution < -0.4 is 15.4 Å². The molecule has 2 amide bonds. The third kappa shape index (κ3) is 5.00. The maximum absolute atomic E-state index is 12.3. The Balaban J connectivity index is 1.36. The number of carbonyl (C=O) groups excluding carboxylic acids is 2. The van der Waals surface area contributed by atoms with Crippen molar-refractivity contribution in [1.82, 2.24) is 5.32 Å². The minimum Gasteiger partial charge on any atom is -0.483 e. The molecule has 1 aliphatic rings. The second-order valence-corrected chi connectivity index (χ2v) is 8.58. The first-order valence-corrected chi connectivity index (χ1v) is 11.1. The zero-order valence-corrected chi connectivity index (χ0v) is 18.5. The normalized spacial score (nSPS) is 14.8. The third-order valence-corrected chi connectivity index (χ3v) is 6.36. The molecule has 0 saturated heterocycles. The zero-order valence-electron chi connectivity index (χ0n) is 17.7. The van der Waals surface area contributed by atoms with Crippen molar-refractivity contribution >= 4 is 50.9 Å². The Morgan fingerprint density at radius 3 is 2.62 bits per heavy atom.